The van der Waals surface area contributed by atoms with Crippen molar-refractivity contribution in [3.8, 4) is 0 Å². The van der Waals surface area contributed by atoms with Crippen molar-refractivity contribution in [2.45, 2.75) is 39.7 Å². The van der Waals surface area contributed by atoms with Gasteiger partial charge in [-0.3, -0.25) is 4.79 Å². The Morgan fingerprint density at radius 2 is 0.694 bits per heavy atom. The summed E-state index contributed by atoms with van der Waals surface area (Å²) in [4.78, 5) is 11.5. The van der Waals surface area contributed by atoms with Gasteiger partial charge >= 0.3 is 5.97 Å². The summed E-state index contributed by atoms with van der Waals surface area (Å²) in [6.45, 7) is 16.8. The van der Waals surface area contributed by atoms with Gasteiger partial charge in [0.25, 0.3) is 0 Å². The van der Waals surface area contributed by atoms with Crippen LogP contribution >= 0.6 is 0 Å². The first kappa shape index (κ1) is 35.1. The predicted octanol–water partition coefficient (Wildman–Crippen LogP) is 1.89. The number of hydrogen-bond donors (Lipinski definition) is 0. The zero-order valence-electron chi connectivity index (χ0n) is 22.9. The Morgan fingerprint density at radius 1 is 0.444 bits per heavy atom. The molecule has 0 unspecified atom stereocenters. The maximum atomic E-state index is 11.5. The summed E-state index contributed by atoms with van der Waals surface area (Å²) in [5.74, 6) is -0.261. The van der Waals surface area contributed by atoms with E-state index in [-0.39, 0.29) is 12.4 Å². The van der Waals surface area contributed by atoms with Crippen LogP contribution in [0.2, 0.25) is 0 Å². The van der Waals surface area contributed by atoms with Crippen molar-refractivity contribution in [2.24, 2.45) is 0 Å². The quantitative estimate of drug-likeness (QED) is 0.110. The van der Waals surface area contributed by atoms with Crippen LogP contribution in [0.1, 0.15) is 34.1 Å². The predicted molar refractivity (Wildman–Crippen MR) is 134 cm³/mol. The normalized spacial score (nSPS) is 11.8. The van der Waals surface area contributed by atoms with Gasteiger partial charge < -0.3 is 47.4 Å². The maximum Gasteiger partial charge on any atom is 0.308 e. The van der Waals surface area contributed by atoms with Gasteiger partial charge in [0.15, 0.2) is 0 Å². The Labute approximate surface area is 217 Å². The zero-order chi connectivity index (χ0) is 26.6. The minimum atomic E-state index is -0.467. The van der Waals surface area contributed by atoms with Crippen molar-refractivity contribution in [1.29, 1.82) is 0 Å². The van der Waals surface area contributed by atoms with E-state index in [1.54, 1.807) is 0 Å². The lowest BCUT2D eigenvalue weighted by atomic mass is 10.2. The van der Waals surface area contributed by atoms with E-state index >= 15 is 0 Å². The molecule has 0 heterocycles. The van der Waals surface area contributed by atoms with Crippen LogP contribution in [0, 0.1) is 0 Å². The van der Waals surface area contributed by atoms with Gasteiger partial charge in [0, 0.05) is 6.61 Å². The van der Waals surface area contributed by atoms with Crippen LogP contribution in [-0.4, -0.2) is 130 Å². The second-order valence-electron chi connectivity index (χ2n) is 8.43. The fraction of sp³-hybridized carbons (Fsp3) is 0.960. The Hall–Kier alpha value is -0.890. The summed E-state index contributed by atoms with van der Waals surface area (Å²) in [7, 11) is 0. The van der Waals surface area contributed by atoms with Gasteiger partial charge in [-0.05, 0) is 27.7 Å². The van der Waals surface area contributed by atoms with Crippen LogP contribution in [0.15, 0.2) is 0 Å². The molecule has 11 heteroatoms. The maximum absolute atomic E-state index is 11.5. The third-order valence-electron chi connectivity index (χ3n) is 4.05. The molecule has 0 bridgehead atoms. The molecule has 216 valence electrons. The Morgan fingerprint density at radius 3 is 0.944 bits per heavy atom. The molecule has 0 aliphatic heterocycles. The summed E-state index contributed by atoms with van der Waals surface area (Å²) in [6.07, 6.45) is 0.238. The van der Waals surface area contributed by atoms with E-state index in [4.69, 9.17) is 47.4 Å². The molecule has 0 aliphatic carbocycles. The molecule has 11 nitrogen and oxygen atoms in total. The van der Waals surface area contributed by atoms with Gasteiger partial charge in [-0.2, -0.15) is 0 Å². The van der Waals surface area contributed by atoms with Crippen molar-refractivity contribution >= 4 is 5.97 Å². The highest BCUT2D eigenvalue weighted by Gasteiger charge is 2.15. The summed E-state index contributed by atoms with van der Waals surface area (Å²) < 4.78 is 53.6. The standard InChI is InChI=1S/C25H50O11/c1-5-27-8-9-29-12-13-31-16-17-33-20-21-35-23-22-34-19-18-32-15-14-30-11-10-28-7-6-24(26)36-25(2,3)4/h5-23H2,1-4H3. The van der Waals surface area contributed by atoms with Crippen LogP contribution in [0.3, 0.4) is 0 Å². The Bertz CT molecular complexity index is 458. The molecule has 0 aliphatic rings. The molecular formula is C25H50O11. The van der Waals surface area contributed by atoms with Crippen molar-refractivity contribution in [3.05, 3.63) is 0 Å². The second-order valence-corrected chi connectivity index (χ2v) is 8.43. The third kappa shape index (κ3) is 31.1. The molecule has 0 rings (SSSR count). The van der Waals surface area contributed by atoms with E-state index in [9.17, 15) is 4.79 Å². The van der Waals surface area contributed by atoms with E-state index in [1.807, 2.05) is 27.7 Å². The molecule has 0 amide bonds. The SMILES string of the molecule is CCOCCOCCOCCOCCOCCOCCOCCOCCOCCC(=O)OC(C)(C)C. The number of carbonyl (C=O) groups excluding carboxylic acids is 1. The first-order valence-corrected chi connectivity index (χ1v) is 12.9. The topological polar surface area (TPSA) is 109 Å². The van der Waals surface area contributed by atoms with E-state index in [0.29, 0.717) is 119 Å². The summed E-state index contributed by atoms with van der Waals surface area (Å²) >= 11 is 0. The minimum Gasteiger partial charge on any atom is -0.460 e. The monoisotopic (exact) mass is 526 g/mol. The smallest absolute Gasteiger partial charge is 0.308 e. The molecule has 0 atom stereocenters. The highest BCUT2D eigenvalue weighted by molar-refractivity contribution is 5.69. The highest BCUT2D eigenvalue weighted by Crippen LogP contribution is 2.08. The van der Waals surface area contributed by atoms with Crippen molar-refractivity contribution in [2.75, 3.05) is 119 Å². The molecule has 0 saturated heterocycles. The highest BCUT2D eigenvalue weighted by atomic mass is 16.6. The van der Waals surface area contributed by atoms with E-state index in [0.717, 1.165) is 0 Å². The van der Waals surface area contributed by atoms with Gasteiger partial charge in [0.1, 0.15) is 5.60 Å². The van der Waals surface area contributed by atoms with Crippen LogP contribution in [0.5, 0.6) is 0 Å². The van der Waals surface area contributed by atoms with Gasteiger partial charge in [0.2, 0.25) is 0 Å². The Balaban J connectivity index is 3.09. The molecule has 0 aromatic rings. The molecule has 0 N–H and O–H groups in total. The molecule has 0 aromatic heterocycles. The molecule has 0 spiro atoms. The fourth-order valence-corrected chi connectivity index (χ4v) is 2.45. The molecule has 0 saturated carbocycles. The Kier molecular flexibility index (Phi) is 26.5. The molecule has 0 aromatic carbocycles. The summed E-state index contributed by atoms with van der Waals surface area (Å²) in [5.41, 5.74) is -0.467. The lowest BCUT2D eigenvalue weighted by Crippen LogP contribution is -2.24. The van der Waals surface area contributed by atoms with Crippen LogP contribution in [-0.2, 0) is 52.2 Å². The van der Waals surface area contributed by atoms with Crippen LogP contribution < -0.4 is 0 Å². The number of carbonyl (C=O) groups is 1. The zero-order valence-corrected chi connectivity index (χ0v) is 22.9. The molecule has 0 fully saturated rings. The first-order valence-electron chi connectivity index (χ1n) is 12.9. The number of hydrogen-bond acceptors (Lipinski definition) is 11. The largest absolute Gasteiger partial charge is 0.460 e. The van der Waals surface area contributed by atoms with Crippen molar-refractivity contribution in [3.63, 3.8) is 0 Å². The summed E-state index contributed by atoms with van der Waals surface area (Å²) in [5, 5.41) is 0. The van der Waals surface area contributed by atoms with Gasteiger partial charge in [0.05, 0.1) is 119 Å². The second kappa shape index (κ2) is 27.2. The molecule has 0 radical (unpaired) electrons. The first-order chi connectivity index (χ1) is 17.5. The number of rotatable bonds is 28. The van der Waals surface area contributed by atoms with Gasteiger partial charge in [-0.1, -0.05) is 0 Å². The van der Waals surface area contributed by atoms with Crippen LogP contribution in [0.25, 0.3) is 0 Å². The number of ether oxygens (including phenoxy) is 10. The molecule has 36 heavy (non-hydrogen) atoms. The van der Waals surface area contributed by atoms with Crippen molar-refractivity contribution < 1.29 is 52.2 Å². The fourth-order valence-electron chi connectivity index (χ4n) is 2.45. The van der Waals surface area contributed by atoms with Crippen molar-refractivity contribution in [1.82, 2.24) is 0 Å². The summed E-state index contributed by atoms with van der Waals surface area (Å²) in [6, 6.07) is 0. The van der Waals surface area contributed by atoms with E-state index < -0.39 is 5.60 Å². The lowest BCUT2D eigenvalue weighted by Gasteiger charge is -2.19. The third-order valence-corrected chi connectivity index (χ3v) is 4.05. The lowest BCUT2D eigenvalue weighted by molar-refractivity contribution is -0.156. The van der Waals surface area contributed by atoms with Gasteiger partial charge in [-0.15, -0.1) is 0 Å². The van der Waals surface area contributed by atoms with E-state index in [2.05, 4.69) is 0 Å². The number of esters is 1. The minimum absolute atomic E-state index is 0.238. The van der Waals surface area contributed by atoms with E-state index in [1.165, 1.54) is 0 Å². The van der Waals surface area contributed by atoms with Crippen LogP contribution in [0.4, 0.5) is 0 Å². The molecular weight excluding hydrogens is 476 g/mol. The van der Waals surface area contributed by atoms with Gasteiger partial charge in [-0.25, -0.2) is 0 Å². The average molecular weight is 527 g/mol. The average Bonchev–Trinajstić information content (AvgIpc) is 2.82.